The highest BCUT2D eigenvalue weighted by atomic mass is 32.1. The van der Waals surface area contributed by atoms with Crippen LogP contribution >= 0.6 is 11.3 Å². The van der Waals surface area contributed by atoms with Gasteiger partial charge in [-0.1, -0.05) is 0 Å². The van der Waals surface area contributed by atoms with Gasteiger partial charge in [0.15, 0.2) is 0 Å². The summed E-state index contributed by atoms with van der Waals surface area (Å²) in [6.45, 7) is 10.3. The molecule has 1 N–H and O–H groups in total. The smallest absolute Gasteiger partial charge is 0.222 e. The van der Waals surface area contributed by atoms with Gasteiger partial charge in [-0.3, -0.25) is 4.79 Å². The molecule has 0 radical (unpaired) electrons. The van der Waals surface area contributed by atoms with Crippen LogP contribution in [-0.4, -0.2) is 36.0 Å². The maximum atomic E-state index is 12.3. The van der Waals surface area contributed by atoms with Crippen LogP contribution in [0.3, 0.4) is 0 Å². The number of carbonyl (C=O) groups excluding carboxylic acids is 1. The van der Waals surface area contributed by atoms with Crippen LogP contribution in [0.4, 0.5) is 0 Å². The van der Waals surface area contributed by atoms with Gasteiger partial charge in [-0.25, -0.2) is 0 Å². The van der Waals surface area contributed by atoms with Crippen molar-refractivity contribution >= 4 is 17.2 Å². The Balaban J connectivity index is 1.79. The van der Waals surface area contributed by atoms with Crippen molar-refractivity contribution in [1.29, 1.82) is 0 Å². The molecule has 1 aliphatic rings. The van der Waals surface area contributed by atoms with E-state index in [0.29, 0.717) is 24.4 Å². The van der Waals surface area contributed by atoms with E-state index >= 15 is 0 Å². The topological polar surface area (TPSA) is 32.3 Å². The van der Waals surface area contributed by atoms with Gasteiger partial charge in [0.05, 0.1) is 0 Å². The highest BCUT2D eigenvalue weighted by Gasteiger charge is 2.24. The first-order chi connectivity index (χ1) is 9.45. The first kappa shape index (κ1) is 15.5. The molecule has 20 heavy (non-hydrogen) atoms. The minimum absolute atomic E-state index is 0.315. The average molecular weight is 294 g/mol. The Morgan fingerprint density at radius 2 is 2.00 bits per heavy atom. The molecule has 0 unspecified atom stereocenters. The molecule has 0 aliphatic carbocycles. The molecule has 0 saturated carbocycles. The van der Waals surface area contributed by atoms with Crippen LogP contribution < -0.4 is 5.32 Å². The molecule has 1 saturated heterocycles. The van der Waals surface area contributed by atoms with Crippen molar-refractivity contribution in [2.45, 2.75) is 59.0 Å². The fraction of sp³-hybridized carbons (Fsp3) is 0.688. The van der Waals surface area contributed by atoms with E-state index in [1.54, 1.807) is 0 Å². The van der Waals surface area contributed by atoms with E-state index in [9.17, 15) is 4.79 Å². The van der Waals surface area contributed by atoms with Gasteiger partial charge in [-0.2, -0.15) is 0 Å². The molecule has 2 heterocycles. The second kappa shape index (κ2) is 6.72. The number of amides is 1. The molecule has 2 atom stereocenters. The van der Waals surface area contributed by atoms with E-state index in [-0.39, 0.29) is 0 Å². The maximum Gasteiger partial charge on any atom is 0.222 e. The second-order valence-electron chi connectivity index (χ2n) is 6.06. The van der Waals surface area contributed by atoms with Crippen LogP contribution in [-0.2, 0) is 11.2 Å². The molecule has 0 aromatic carbocycles. The van der Waals surface area contributed by atoms with E-state index in [1.807, 2.05) is 16.2 Å². The number of hydrogen-bond donors (Lipinski definition) is 1. The molecule has 0 bridgehead atoms. The SMILES string of the molecule is Cc1cc(CCCC(=O)N2C[C@@H](C)N[C@H](C)C2)c(C)s1. The van der Waals surface area contributed by atoms with Crippen LogP contribution in [0.1, 0.15) is 42.0 Å². The Morgan fingerprint density at radius 1 is 1.35 bits per heavy atom. The number of thiophene rings is 1. The molecule has 0 spiro atoms. The van der Waals surface area contributed by atoms with E-state index in [1.165, 1.54) is 15.3 Å². The Morgan fingerprint density at radius 3 is 2.55 bits per heavy atom. The highest BCUT2D eigenvalue weighted by Crippen LogP contribution is 2.22. The van der Waals surface area contributed by atoms with Gasteiger partial charge in [0, 0.05) is 41.3 Å². The highest BCUT2D eigenvalue weighted by molar-refractivity contribution is 7.12. The lowest BCUT2D eigenvalue weighted by atomic mass is 10.1. The summed E-state index contributed by atoms with van der Waals surface area (Å²) >= 11 is 1.85. The number of piperazine rings is 1. The van der Waals surface area contributed by atoms with Gasteiger partial charge in [-0.15, -0.1) is 11.3 Å². The van der Waals surface area contributed by atoms with Crippen molar-refractivity contribution < 1.29 is 4.79 Å². The van der Waals surface area contributed by atoms with E-state index < -0.39 is 0 Å². The third kappa shape index (κ3) is 4.06. The molecule has 1 amide bonds. The monoisotopic (exact) mass is 294 g/mol. The summed E-state index contributed by atoms with van der Waals surface area (Å²) < 4.78 is 0. The lowest BCUT2D eigenvalue weighted by molar-refractivity contribution is -0.133. The number of nitrogens with zero attached hydrogens (tertiary/aromatic N) is 1. The Hall–Kier alpha value is -0.870. The summed E-state index contributed by atoms with van der Waals surface area (Å²) in [7, 11) is 0. The van der Waals surface area contributed by atoms with Crippen LogP contribution in [0, 0.1) is 13.8 Å². The molecule has 4 heteroatoms. The van der Waals surface area contributed by atoms with Gasteiger partial charge >= 0.3 is 0 Å². The molecular weight excluding hydrogens is 268 g/mol. The molecule has 1 fully saturated rings. The minimum Gasteiger partial charge on any atom is -0.340 e. The van der Waals surface area contributed by atoms with Crippen molar-refractivity contribution in [2.24, 2.45) is 0 Å². The number of aryl methyl sites for hydroxylation is 3. The van der Waals surface area contributed by atoms with Crippen molar-refractivity contribution in [3.05, 3.63) is 21.4 Å². The maximum absolute atomic E-state index is 12.3. The third-order valence-electron chi connectivity index (χ3n) is 3.89. The standard InChI is InChI=1S/C16H26N2OS/c1-11-9-18(10-12(2)17-11)16(19)7-5-6-15-8-13(3)20-14(15)4/h8,11-12,17H,5-7,9-10H2,1-4H3/t11-,12-/m1/s1. The molecule has 1 aliphatic heterocycles. The Bertz CT molecular complexity index is 459. The van der Waals surface area contributed by atoms with E-state index in [0.717, 1.165) is 25.9 Å². The van der Waals surface area contributed by atoms with Gasteiger partial charge in [0.25, 0.3) is 0 Å². The molecule has 2 rings (SSSR count). The van der Waals surface area contributed by atoms with Crippen LogP contribution in [0.25, 0.3) is 0 Å². The zero-order chi connectivity index (χ0) is 14.7. The lowest BCUT2D eigenvalue weighted by Crippen LogP contribution is -2.55. The van der Waals surface area contributed by atoms with E-state index in [2.05, 4.69) is 39.1 Å². The Kier molecular flexibility index (Phi) is 5.22. The van der Waals surface area contributed by atoms with Gasteiger partial charge < -0.3 is 10.2 Å². The van der Waals surface area contributed by atoms with Gasteiger partial charge in [0.1, 0.15) is 0 Å². The predicted molar refractivity (Wildman–Crippen MR) is 85.4 cm³/mol. The summed E-state index contributed by atoms with van der Waals surface area (Å²) in [5, 5.41) is 3.46. The minimum atomic E-state index is 0.315. The van der Waals surface area contributed by atoms with Crippen LogP contribution in [0.15, 0.2) is 6.07 Å². The van der Waals surface area contributed by atoms with Crippen molar-refractivity contribution in [2.75, 3.05) is 13.1 Å². The molecule has 112 valence electrons. The number of carbonyl (C=O) groups is 1. The zero-order valence-electron chi connectivity index (χ0n) is 13.0. The predicted octanol–water partition coefficient (Wildman–Crippen LogP) is 2.90. The number of nitrogens with one attached hydrogen (secondary N) is 1. The van der Waals surface area contributed by atoms with Crippen molar-refractivity contribution in [1.82, 2.24) is 10.2 Å². The van der Waals surface area contributed by atoms with Crippen LogP contribution in [0.5, 0.6) is 0 Å². The largest absolute Gasteiger partial charge is 0.340 e. The second-order valence-corrected chi connectivity index (χ2v) is 7.52. The summed E-state index contributed by atoms with van der Waals surface area (Å²) in [5.41, 5.74) is 1.42. The van der Waals surface area contributed by atoms with Crippen molar-refractivity contribution in [3.63, 3.8) is 0 Å². The lowest BCUT2D eigenvalue weighted by Gasteiger charge is -2.36. The number of hydrogen-bond acceptors (Lipinski definition) is 3. The number of rotatable bonds is 4. The first-order valence-electron chi connectivity index (χ1n) is 7.55. The molecule has 3 nitrogen and oxygen atoms in total. The Labute approximate surface area is 126 Å². The fourth-order valence-corrected chi connectivity index (χ4v) is 4.03. The summed E-state index contributed by atoms with van der Waals surface area (Å²) in [5.74, 6) is 0.315. The van der Waals surface area contributed by atoms with Crippen LogP contribution in [0.2, 0.25) is 0 Å². The third-order valence-corrected chi connectivity index (χ3v) is 4.90. The van der Waals surface area contributed by atoms with Gasteiger partial charge in [-0.05, 0) is 52.2 Å². The molecule has 1 aromatic heterocycles. The van der Waals surface area contributed by atoms with E-state index in [4.69, 9.17) is 0 Å². The fourth-order valence-electron chi connectivity index (χ4n) is 3.05. The summed E-state index contributed by atoms with van der Waals surface area (Å²) in [6.07, 6.45) is 2.66. The summed E-state index contributed by atoms with van der Waals surface area (Å²) in [4.78, 5) is 17.1. The van der Waals surface area contributed by atoms with Crippen molar-refractivity contribution in [3.8, 4) is 0 Å². The first-order valence-corrected chi connectivity index (χ1v) is 8.37. The quantitative estimate of drug-likeness (QED) is 0.926. The molecular formula is C16H26N2OS. The van der Waals surface area contributed by atoms with Gasteiger partial charge in [0.2, 0.25) is 5.91 Å². The zero-order valence-corrected chi connectivity index (χ0v) is 13.8. The average Bonchev–Trinajstić information content (AvgIpc) is 2.66. The normalized spacial score (nSPS) is 23.1. The molecule has 1 aromatic rings. The summed E-state index contributed by atoms with van der Waals surface area (Å²) in [6, 6.07) is 3.08.